The van der Waals surface area contributed by atoms with Gasteiger partial charge < -0.3 is 10.1 Å². The second-order valence-corrected chi connectivity index (χ2v) is 4.07. The van der Waals surface area contributed by atoms with Gasteiger partial charge >= 0.3 is 6.18 Å². The van der Waals surface area contributed by atoms with E-state index in [2.05, 4.69) is 21.2 Å². The Morgan fingerprint density at radius 2 is 2.00 bits per heavy atom. The molecule has 96 valence electrons. The fraction of sp³-hybridized carbons (Fsp3) is 0.400. The first kappa shape index (κ1) is 14.2. The van der Waals surface area contributed by atoms with Crippen LogP contribution in [0, 0.1) is 5.82 Å². The molecule has 0 unspecified atom stereocenters. The van der Waals surface area contributed by atoms with Crippen LogP contribution in [0.2, 0.25) is 0 Å². The van der Waals surface area contributed by atoms with Gasteiger partial charge in [-0.2, -0.15) is 13.2 Å². The van der Waals surface area contributed by atoms with Gasteiger partial charge in [0.2, 0.25) is 0 Å². The number of hydrogen-bond acceptors (Lipinski definition) is 2. The minimum absolute atomic E-state index is 0.0259. The van der Waals surface area contributed by atoms with Gasteiger partial charge in [-0.25, -0.2) is 4.39 Å². The van der Waals surface area contributed by atoms with Gasteiger partial charge in [-0.05, 0) is 28.1 Å². The number of hydrogen-bond donors (Lipinski definition) is 1. The molecule has 0 aliphatic heterocycles. The smallest absolute Gasteiger partial charge is 0.401 e. The molecule has 1 N–H and O–H groups in total. The van der Waals surface area contributed by atoms with Crippen molar-refractivity contribution in [3.63, 3.8) is 0 Å². The number of alkyl halides is 3. The summed E-state index contributed by atoms with van der Waals surface area (Å²) in [6.07, 6.45) is -4.24. The third kappa shape index (κ3) is 5.88. The van der Waals surface area contributed by atoms with Crippen LogP contribution in [0.25, 0.3) is 0 Å². The fourth-order valence-electron chi connectivity index (χ4n) is 1.05. The second-order valence-electron chi connectivity index (χ2n) is 3.22. The number of ether oxygens (including phenoxy) is 1. The predicted octanol–water partition coefficient (Wildman–Crippen LogP) is 3.12. The molecular formula is C10H10BrF4NO. The van der Waals surface area contributed by atoms with Crippen LogP contribution in [0.5, 0.6) is 5.75 Å². The highest BCUT2D eigenvalue weighted by Crippen LogP contribution is 2.25. The van der Waals surface area contributed by atoms with Crippen LogP contribution in [0.1, 0.15) is 0 Å². The molecule has 7 heteroatoms. The number of rotatable bonds is 5. The molecule has 17 heavy (non-hydrogen) atoms. The Kier molecular flexibility index (Phi) is 5.20. The zero-order chi connectivity index (χ0) is 12.9. The number of benzene rings is 1. The molecule has 1 rings (SSSR count). The van der Waals surface area contributed by atoms with E-state index in [9.17, 15) is 17.6 Å². The molecule has 0 radical (unpaired) electrons. The topological polar surface area (TPSA) is 21.3 Å². The predicted molar refractivity (Wildman–Crippen MR) is 58.5 cm³/mol. The first-order chi connectivity index (χ1) is 7.88. The molecule has 1 aromatic rings. The summed E-state index contributed by atoms with van der Waals surface area (Å²) in [7, 11) is 0. The van der Waals surface area contributed by atoms with Crippen LogP contribution in [-0.4, -0.2) is 25.9 Å². The molecule has 0 heterocycles. The van der Waals surface area contributed by atoms with E-state index < -0.39 is 18.5 Å². The summed E-state index contributed by atoms with van der Waals surface area (Å²) in [6.45, 7) is -1.01. The van der Waals surface area contributed by atoms with E-state index >= 15 is 0 Å². The Morgan fingerprint density at radius 1 is 1.29 bits per heavy atom. The molecule has 1 aromatic carbocycles. The summed E-state index contributed by atoms with van der Waals surface area (Å²) in [4.78, 5) is 0. The van der Waals surface area contributed by atoms with Crippen molar-refractivity contribution in [1.29, 1.82) is 0 Å². The van der Waals surface area contributed by atoms with Crippen molar-refractivity contribution in [1.82, 2.24) is 5.32 Å². The minimum atomic E-state index is -4.24. The molecule has 0 atom stereocenters. The van der Waals surface area contributed by atoms with Gasteiger partial charge in [0.05, 0.1) is 11.0 Å². The standard InChI is InChI=1S/C10H10BrF4NO/c11-8-2-1-7(12)5-9(8)17-4-3-16-6-10(13,14)15/h1-2,5,16H,3-4,6H2. The van der Waals surface area contributed by atoms with E-state index in [0.29, 0.717) is 4.47 Å². The van der Waals surface area contributed by atoms with E-state index in [-0.39, 0.29) is 18.9 Å². The van der Waals surface area contributed by atoms with Gasteiger partial charge in [0.15, 0.2) is 0 Å². The van der Waals surface area contributed by atoms with Crippen molar-refractivity contribution in [3.05, 3.63) is 28.5 Å². The molecule has 2 nitrogen and oxygen atoms in total. The lowest BCUT2D eigenvalue weighted by atomic mass is 10.3. The van der Waals surface area contributed by atoms with Gasteiger partial charge in [0.1, 0.15) is 18.2 Å². The third-order valence-electron chi connectivity index (χ3n) is 1.76. The molecule has 0 aliphatic carbocycles. The van der Waals surface area contributed by atoms with Gasteiger partial charge in [-0.1, -0.05) is 0 Å². The summed E-state index contributed by atoms with van der Waals surface area (Å²) in [5.74, 6) is -0.203. The largest absolute Gasteiger partial charge is 0.491 e. The van der Waals surface area contributed by atoms with E-state index in [0.717, 1.165) is 6.07 Å². The molecule has 0 fully saturated rings. The van der Waals surface area contributed by atoms with E-state index in [4.69, 9.17) is 4.74 Å². The van der Waals surface area contributed by atoms with Crippen molar-refractivity contribution in [2.24, 2.45) is 0 Å². The second kappa shape index (κ2) is 6.20. The Labute approximate surface area is 104 Å². The fourth-order valence-corrected chi connectivity index (χ4v) is 1.41. The molecule has 0 saturated carbocycles. The van der Waals surface area contributed by atoms with Gasteiger partial charge in [0.25, 0.3) is 0 Å². The van der Waals surface area contributed by atoms with E-state index in [1.165, 1.54) is 12.1 Å². The zero-order valence-electron chi connectivity index (χ0n) is 8.65. The quantitative estimate of drug-likeness (QED) is 0.666. The van der Waals surface area contributed by atoms with Gasteiger partial charge in [0, 0.05) is 12.6 Å². The van der Waals surface area contributed by atoms with Crippen LogP contribution >= 0.6 is 15.9 Å². The lowest BCUT2D eigenvalue weighted by Crippen LogP contribution is -2.31. The Hall–Kier alpha value is -0.820. The zero-order valence-corrected chi connectivity index (χ0v) is 10.2. The van der Waals surface area contributed by atoms with Crippen molar-refractivity contribution in [2.75, 3.05) is 19.7 Å². The molecular weight excluding hydrogens is 306 g/mol. The van der Waals surface area contributed by atoms with E-state index in [1.807, 2.05) is 0 Å². The molecule has 0 aromatic heterocycles. The maximum Gasteiger partial charge on any atom is 0.401 e. The highest BCUT2D eigenvalue weighted by molar-refractivity contribution is 9.10. The third-order valence-corrected chi connectivity index (χ3v) is 2.41. The summed E-state index contributed by atoms with van der Waals surface area (Å²) in [5.41, 5.74) is 0. The molecule has 0 saturated heterocycles. The average Bonchev–Trinajstić information content (AvgIpc) is 2.21. The van der Waals surface area contributed by atoms with Gasteiger partial charge in [-0.15, -0.1) is 0 Å². The lowest BCUT2D eigenvalue weighted by molar-refractivity contribution is -0.124. The molecule has 0 bridgehead atoms. The minimum Gasteiger partial charge on any atom is -0.491 e. The van der Waals surface area contributed by atoms with Crippen LogP contribution < -0.4 is 10.1 Å². The lowest BCUT2D eigenvalue weighted by Gasteiger charge is -2.10. The Morgan fingerprint density at radius 3 is 2.65 bits per heavy atom. The molecule has 0 spiro atoms. The summed E-state index contributed by atoms with van der Waals surface area (Å²) >= 11 is 3.14. The van der Waals surface area contributed by atoms with Crippen LogP contribution in [0.4, 0.5) is 17.6 Å². The highest BCUT2D eigenvalue weighted by Gasteiger charge is 2.25. The normalized spacial score (nSPS) is 11.6. The maximum atomic E-state index is 12.8. The van der Waals surface area contributed by atoms with Crippen molar-refractivity contribution < 1.29 is 22.3 Å². The monoisotopic (exact) mass is 315 g/mol. The number of halogens is 5. The highest BCUT2D eigenvalue weighted by atomic mass is 79.9. The van der Waals surface area contributed by atoms with E-state index in [1.54, 1.807) is 0 Å². The van der Waals surface area contributed by atoms with Crippen LogP contribution in [-0.2, 0) is 0 Å². The number of nitrogens with one attached hydrogen (secondary N) is 1. The van der Waals surface area contributed by atoms with Crippen LogP contribution in [0.3, 0.4) is 0 Å². The van der Waals surface area contributed by atoms with Crippen molar-refractivity contribution in [2.45, 2.75) is 6.18 Å². The first-order valence-electron chi connectivity index (χ1n) is 4.74. The Bertz CT molecular complexity index is 370. The van der Waals surface area contributed by atoms with Crippen molar-refractivity contribution in [3.8, 4) is 5.75 Å². The average molecular weight is 316 g/mol. The molecule has 0 aliphatic rings. The van der Waals surface area contributed by atoms with Crippen molar-refractivity contribution >= 4 is 15.9 Å². The summed E-state index contributed by atoms with van der Waals surface area (Å²) in [6, 6.07) is 3.88. The maximum absolute atomic E-state index is 12.8. The van der Waals surface area contributed by atoms with Gasteiger partial charge in [-0.3, -0.25) is 0 Å². The summed E-state index contributed by atoms with van der Waals surface area (Å²) in [5, 5.41) is 2.17. The Balaban J connectivity index is 2.29. The molecule has 0 amide bonds. The van der Waals surface area contributed by atoms with Crippen LogP contribution in [0.15, 0.2) is 22.7 Å². The summed E-state index contributed by atoms with van der Waals surface area (Å²) < 4.78 is 53.8. The first-order valence-corrected chi connectivity index (χ1v) is 5.53. The SMILES string of the molecule is Fc1ccc(Br)c(OCCNCC(F)(F)F)c1.